The number of benzene rings is 1. The number of rotatable bonds is 7. The monoisotopic (exact) mass is 408 g/mol. The SMILES string of the molecule is CNN=C(C=NCCN(C)c1ccc(C#Cc2cc3c([nH]2)=NCC(F)C=3)cc1)CO. The first-order valence-corrected chi connectivity index (χ1v) is 9.65. The predicted molar refractivity (Wildman–Crippen MR) is 118 cm³/mol. The number of nitrogens with zero attached hydrogens (tertiary/aromatic N) is 4. The number of aromatic amines is 1. The molecule has 0 amide bonds. The molecule has 2 heterocycles. The van der Waals surface area contributed by atoms with Crippen molar-refractivity contribution in [3.05, 3.63) is 52.3 Å². The predicted octanol–water partition coefficient (Wildman–Crippen LogP) is 0.241. The first-order chi connectivity index (χ1) is 14.6. The van der Waals surface area contributed by atoms with Crippen molar-refractivity contribution < 1.29 is 9.50 Å². The van der Waals surface area contributed by atoms with Crippen molar-refractivity contribution in [3.8, 4) is 11.8 Å². The second kappa shape index (κ2) is 10.4. The van der Waals surface area contributed by atoms with Crippen molar-refractivity contribution in [2.24, 2.45) is 15.1 Å². The van der Waals surface area contributed by atoms with Crippen LogP contribution in [0.1, 0.15) is 11.3 Å². The quantitative estimate of drug-likeness (QED) is 0.348. The third-order valence-corrected chi connectivity index (χ3v) is 4.48. The van der Waals surface area contributed by atoms with Gasteiger partial charge in [-0.05, 0) is 42.3 Å². The van der Waals surface area contributed by atoms with E-state index in [9.17, 15) is 4.39 Å². The van der Waals surface area contributed by atoms with Gasteiger partial charge in [-0.3, -0.25) is 9.98 Å². The Hall–Kier alpha value is -3.44. The average molecular weight is 408 g/mol. The summed E-state index contributed by atoms with van der Waals surface area (Å²) in [6, 6.07) is 9.76. The van der Waals surface area contributed by atoms with Crippen LogP contribution in [0.4, 0.5) is 10.1 Å². The van der Waals surface area contributed by atoms with Crippen molar-refractivity contribution in [1.29, 1.82) is 0 Å². The standard InChI is InChI=1S/C22H25FN6O/c1-24-28-20(15-30)14-25-9-10-29(2)21-7-4-16(5-8-21)3-6-19-12-17-11-18(23)13-26-22(17)27-19/h4-5,7-8,11-12,14,18,24,30H,9-10,13,15H2,1-2H3,(H,26,27). The first kappa shape index (κ1) is 21.3. The van der Waals surface area contributed by atoms with Gasteiger partial charge in [0.05, 0.1) is 25.4 Å². The van der Waals surface area contributed by atoms with Crippen molar-refractivity contribution in [3.63, 3.8) is 0 Å². The van der Waals surface area contributed by atoms with Crippen LogP contribution in [0.25, 0.3) is 6.08 Å². The van der Waals surface area contributed by atoms with E-state index in [1.807, 2.05) is 37.4 Å². The summed E-state index contributed by atoms with van der Waals surface area (Å²) in [5.41, 5.74) is 6.47. The lowest BCUT2D eigenvalue weighted by Crippen LogP contribution is -2.30. The van der Waals surface area contributed by atoms with Gasteiger partial charge in [0.25, 0.3) is 0 Å². The zero-order chi connectivity index (χ0) is 21.3. The highest BCUT2D eigenvalue weighted by Crippen LogP contribution is 2.13. The van der Waals surface area contributed by atoms with Crippen molar-refractivity contribution in [2.75, 3.05) is 45.2 Å². The molecule has 1 aliphatic rings. The summed E-state index contributed by atoms with van der Waals surface area (Å²) in [4.78, 5) is 13.7. The maximum atomic E-state index is 13.4. The van der Waals surface area contributed by atoms with Crippen LogP contribution < -0.4 is 21.0 Å². The molecule has 1 aliphatic heterocycles. The summed E-state index contributed by atoms with van der Waals surface area (Å²) >= 11 is 0. The van der Waals surface area contributed by atoms with E-state index < -0.39 is 6.17 Å². The molecule has 0 bridgehead atoms. The molecule has 0 fully saturated rings. The number of aliphatic hydroxyl groups excluding tert-OH is 1. The lowest BCUT2D eigenvalue weighted by molar-refractivity contribution is 0.358. The van der Waals surface area contributed by atoms with Crippen LogP contribution in [0.2, 0.25) is 0 Å². The molecule has 1 atom stereocenters. The smallest absolute Gasteiger partial charge is 0.139 e. The van der Waals surface area contributed by atoms with Crippen LogP contribution in [-0.4, -0.2) is 68.5 Å². The van der Waals surface area contributed by atoms with Crippen LogP contribution in [0.5, 0.6) is 0 Å². The summed E-state index contributed by atoms with van der Waals surface area (Å²) in [5.74, 6) is 6.19. The molecular formula is C22H25FN6O. The molecule has 0 saturated carbocycles. The molecule has 1 aromatic carbocycles. The number of hydrazone groups is 1. The van der Waals surface area contributed by atoms with E-state index in [0.29, 0.717) is 17.7 Å². The number of aliphatic imine (C=N–C) groups is 1. The molecule has 3 N–H and O–H groups in total. The lowest BCUT2D eigenvalue weighted by Gasteiger charge is -2.18. The van der Waals surface area contributed by atoms with E-state index in [2.05, 4.69) is 42.2 Å². The van der Waals surface area contributed by atoms with Gasteiger partial charge < -0.3 is 20.4 Å². The number of alkyl halides is 1. The number of hydrogen-bond donors (Lipinski definition) is 3. The highest BCUT2D eigenvalue weighted by Gasteiger charge is 2.07. The van der Waals surface area contributed by atoms with Gasteiger partial charge in [-0.15, -0.1) is 0 Å². The van der Waals surface area contributed by atoms with Gasteiger partial charge in [0.2, 0.25) is 0 Å². The molecule has 0 radical (unpaired) electrons. The molecule has 1 unspecified atom stereocenters. The van der Waals surface area contributed by atoms with E-state index in [-0.39, 0.29) is 13.2 Å². The molecule has 30 heavy (non-hydrogen) atoms. The Morgan fingerprint density at radius 2 is 2.20 bits per heavy atom. The minimum absolute atomic E-state index is 0.156. The highest BCUT2D eigenvalue weighted by molar-refractivity contribution is 6.31. The van der Waals surface area contributed by atoms with Gasteiger partial charge in [-0.2, -0.15) is 5.10 Å². The second-order valence-corrected chi connectivity index (χ2v) is 6.75. The second-order valence-electron chi connectivity index (χ2n) is 6.75. The number of halogens is 1. The largest absolute Gasteiger partial charge is 0.390 e. The Morgan fingerprint density at radius 3 is 2.93 bits per heavy atom. The first-order valence-electron chi connectivity index (χ1n) is 9.65. The zero-order valence-electron chi connectivity index (χ0n) is 17.1. The molecule has 0 aliphatic carbocycles. The van der Waals surface area contributed by atoms with E-state index in [1.54, 1.807) is 19.3 Å². The van der Waals surface area contributed by atoms with Gasteiger partial charge >= 0.3 is 0 Å². The fourth-order valence-corrected chi connectivity index (χ4v) is 2.91. The highest BCUT2D eigenvalue weighted by atomic mass is 19.1. The Bertz CT molecular complexity index is 1090. The van der Waals surface area contributed by atoms with Crippen molar-refractivity contribution in [1.82, 2.24) is 10.4 Å². The van der Waals surface area contributed by atoms with E-state index in [0.717, 1.165) is 28.7 Å². The van der Waals surface area contributed by atoms with Crippen LogP contribution in [0, 0.1) is 11.8 Å². The number of hydrogen-bond acceptors (Lipinski definition) is 6. The molecule has 2 aromatic rings. The third kappa shape index (κ3) is 5.78. The number of anilines is 1. The molecule has 8 heteroatoms. The Kier molecular flexibility index (Phi) is 7.35. The molecule has 0 spiro atoms. The van der Waals surface area contributed by atoms with Gasteiger partial charge in [0, 0.05) is 43.3 Å². The Morgan fingerprint density at radius 1 is 1.40 bits per heavy atom. The van der Waals surface area contributed by atoms with Crippen LogP contribution in [-0.2, 0) is 0 Å². The molecule has 3 rings (SSSR count). The van der Waals surface area contributed by atoms with Crippen LogP contribution in [0.3, 0.4) is 0 Å². The molecule has 0 saturated heterocycles. The maximum Gasteiger partial charge on any atom is 0.139 e. The Balaban J connectivity index is 1.58. The van der Waals surface area contributed by atoms with Gasteiger partial charge in [0.15, 0.2) is 0 Å². The molecule has 7 nitrogen and oxygen atoms in total. The lowest BCUT2D eigenvalue weighted by atomic mass is 10.2. The summed E-state index contributed by atoms with van der Waals surface area (Å²) in [5, 5.41) is 13.8. The van der Waals surface area contributed by atoms with Gasteiger partial charge in [-0.25, -0.2) is 4.39 Å². The summed E-state index contributed by atoms with van der Waals surface area (Å²) < 4.78 is 13.4. The summed E-state index contributed by atoms with van der Waals surface area (Å²) in [6.45, 7) is 1.31. The topological polar surface area (TPSA) is 88.4 Å². The molecule has 1 aromatic heterocycles. The average Bonchev–Trinajstić information content (AvgIpc) is 3.16. The number of H-pyrrole nitrogens is 1. The fraction of sp³-hybridized carbons (Fsp3) is 0.318. The van der Waals surface area contributed by atoms with Crippen molar-refractivity contribution in [2.45, 2.75) is 6.17 Å². The third-order valence-electron chi connectivity index (χ3n) is 4.48. The van der Waals surface area contributed by atoms with Gasteiger partial charge in [-0.1, -0.05) is 5.92 Å². The number of likely N-dealkylation sites (N-methyl/N-ethyl adjacent to an activating group) is 1. The van der Waals surface area contributed by atoms with Crippen LogP contribution in [0.15, 0.2) is 45.4 Å². The number of nitrogens with one attached hydrogen (secondary N) is 2. The summed E-state index contributed by atoms with van der Waals surface area (Å²) in [6.07, 6.45) is 2.11. The van der Waals surface area contributed by atoms with Crippen molar-refractivity contribution >= 4 is 23.7 Å². The summed E-state index contributed by atoms with van der Waals surface area (Å²) in [7, 11) is 3.67. The minimum Gasteiger partial charge on any atom is -0.390 e. The van der Waals surface area contributed by atoms with Gasteiger partial charge in [0.1, 0.15) is 17.4 Å². The minimum atomic E-state index is -1.03. The van der Waals surface area contributed by atoms with E-state index >= 15 is 0 Å². The number of aliphatic hydroxyl groups is 1. The maximum absolute atomic E-state index is 13.4. The number of fused-ring (bicyclic) bond motifs is 1. The normalized spacial score (nSPS) is 15.6. The number of aromatic nitrogens is 1. The van der Waals surface area contributed by atoms with Crippen LogP contribution >= 0.6 is 0 Å². The Labute approximate surface area is 174 Å². The fourth-order valence-electron chi connectivity index (χ4n) is 2.91. The zero-order valence-corrected chi connectivity index (χ0v) is 17.1. The van der Waals surface area contributed by atoms with E-state index in [4.69, 9.17) is 5.11 Å². The van der Waals surface area contributed by atoms with E-state index in [1.165, 1.54) is 0 Å². The molecular weight excluding hydrogens is 383 g/mol. The molecule has 156 valence electrons.